The molecule has 2 aromatic heterocycles. The molecule has 2 heterocycles. The van der Waals surface area contributed by atoms with Crippen molar-refractivity contribution in [1.29, 1.82) is 5.26 Å². The van der Waals surface area contributed by atoms with Gasteiger partial charge in [0.15, 0.2) is 4.34 Å². The van der Waals surface area contributed by atoms with Crippen molar-refractivity contribution in [3.8, 4) is 6.07 Å². The molecule has 0 aliphatic rings. The Morgan fingerprint density at radius 3 is 2.76 bits per heavy atom. The summed E-state index contributed by atoms with van der Waals surface area (Å²) in [4.78, 5) is 16.9. The molecule has 0 saturated heterocycles. The average molecular weight is 382 g/mol. The van der Waals surface area contributed by atoms with Crippen molar-refractivity contribution in [1.82, 2.24) is 14.6 Å². The lowest BCUT2D eigenvalue weighted by Crippen LogP contribution is -2.14. The minimum atomic E-state index is -4.62. The molecule has 0 aliphatic heterocycles. The van der Waals surface area contributed by atoms with Crippen LogP contribution in [0.1, 0.15) is 23.7 Å². The molecular formula is C15H9F3N4OS2. The van der Waals surface area contributed by atoms with Crippen molar-refractivity contribution in [2.24, 2.45) is 0 Å². The van der Waals surface area contributed by atoms with E-state index in [1.165, 1.54) is 18.2 Å². The van der Waals surface area contributed by atoms with Crippen LogP contribution in [-0.2, 0) is 12.6 Å². The number of benzene rings is 1. The zero-order chi connectivity index (χ0) is 18.2. The zero-order valence-corrected chi connectivity index (χ0v) is 14.3. The predicted molar refractivity (Wildman–Crippen MR) is 86.8 cm³/mol. The fourth-order valence-electron chi connectivity index (χ4n) is 2.08. The maximum Gasteiger partial charge on any atom is 0.417 e. The van der Waals surface area contributed by atoms with Crippen LogP contribution in [0, 0.1) is 11.3 Å². The van der Waals surface area contributed by atoms with Crippen molar-refractivity contribution in [3.05, 3.63) is 51.4 Å². The molecule has 0 N–H and O–H groups in total. The van der Waals surface area contributed by atoms with E-state index in [-0.39, 0.29) is 10.5 Å². The predicted octanol–water partition coefficient (Wildman–Crippen LogP) is 3.76. The monoisotopic (exact) mass is 382 g/mol. The molecule has 128 valence electrons. The summed E-state index contributed by atoms with van der Waals surface area (Å²) in [5.41, 5.74) is -1.14. The second-order valence-corrected chi connectivity index (χ2v) is 7.20. The molecular weight excluding hydrogens is 373 g/mol. The van der Waals surface area contributed by atoms with Crippen LogP contribution < -0.4 is 5.56 Å². The minimum absolute atomic E-state index is 0.272. The first-order chi connectivity index (χ1) is 11.8. The molecule has 0 fully saturated rings. The Kier molecular flexibility index (Phi) is 4.53. The molecule has 25 heavy (non-hydrogen) atoms. The normalized spacial score (nSPS) is 11.6. The van der Waals surface area contributed by atoms with Crippen LogP contribution in [0.25, 0.3) is 4.96 Å². The van der Waals surface area contributed by atoms with E-state index < -0.39 is 17.3 Å². The third kappa shape index (κ3) is 3.52. The molecule has 0 radical (unpaired) electrons. The molecule has 0 saturated carbocycles. The third-order valence-electron chi connectivity index (χ3n) is 3.26. The first-order valence-electron chi connectivity index (χ1n) is 7.01. The summed E-state index contributed by atoms with van der Waals surface area (Å²) in [6.45, 7) is 1.87. The van der Waals surface area contributed by atoms with E-state index in [0.717, 1.165) is 39.7 Å². The van der Waals surface area contributed by atoms with Gasteiger partial charge >= 0.3 is 6.18 Å². The molecule has 0 bridgehead atoms. The van der Waals surface area contributed by atoms with Gasteiger partial charge in [-0.15, -0.1) is 5.10 Å². The third-order valence-corrected chi connectivity index (χ3v) is 5.21. The first kappa shape index (κ1) is 17.4. The number of hydrogen-bond donors (Lipinski definition) is 0. The van der Waals surface area contributed by atoms with E-state index in [1.807, 2.05) is 6.92 Å². The van der Waals surface area contributed by atoms with Crippen LogP contribution in [0.15, 0.2) is 38.3 Å². The number of halogens is 3. The lowest BCUT2D eigenvalue weighted by atomic mass is 10.1. The van der Waals surface area contributed by atoms with Gasteiger partial charge in [0.2, 0.25) is 4.96 Å². The number of nitriles is 1. The molecule has 1 aromatic carbocycles. The Morgan fingerprint density at radius 2 is 2.12 bits per heavy atom. The highest BCUT2D eigenvalue weighted by molar-refractivity contribution is 8.01. The number of aryl methyl sites for hydroxylation is 1. The van der Waals surface area contributed by atoms with E-state index in [4.69, 9.17) is 5.26 Å². The summed E-state index contributed by atoms with van der Waals surface area (Å²) < 4.78 is 40.6. The van der Waals surface area contributed by atoms with Gasteiger partial charge in [-0.3, -0.25) is 4.79 Å². The molecule has 3 aromatic rings. The summed E-state index contributed by atoms with van der Waals surface area (Å²) in [6, 6.07) is 6.36. The summed E-state index contributed by atoms with van der Waals surface area (Å²) in [7, 11) is 0. The Bertz CT molecular complexity index is 1050. The van der Waals surface area contributed by atoms with Gasteiger partial charge in [-0.1, -0.05) is 30.0 Å². The average Bonchev–Trinajstić information content (AvgIpc) is 2.97. The van der Waals surface area contributed by atoms with Crippen LogP contribution >= 0.6 is 23.1 Å². The smallest absolute Gasteiger partial charge is 0.267 e. The fourth-order valence-corrected chi connectivity index (χ4v) is 4.06. The lowest BCUT2D eigenvalue weighted by Gasteiger charge is -2.09. The minimum Gasteiger partial charge on any atom is -0.267 e. The van der Waals surface area contributed by atoms with Crippen molar-refractivity contribution < 1.29 is 13.2 Å². The van der Waals surface area contributed by atoms with E-state index in [2.05, 4.69) is 10.1 Å². The van der Waals surface area contributed by atoms with Gasteiger partial charge in [-0.2, -0.15) is 22.9 Å². The molecule has 0 amide bonds. The van der Waals surface area contributed by atoms with Crippen molar-refractivity contribution in [3.63, 3.8) is 0 Å². The van der Waals surface area contributed by atoms with Crippen LogP contribution in [0.2, 0.25) is 0 Å². The Hall–Kier alpha value is -2.38. The summed E-state index contributed by atoms with van der Waals surface area (Å²) in [5.74, 6) is 0. The lowest BCUT2D eigenvalue weighted by molar-refractivity contribution is -0.137. The summed E-state index contributed by atoms with van der Waals surface area (Å²) in [6.07, 6.45) is -4.03. The fraction of sp³-hybridized carbons (Fsp3) is 0.200. The van der Waals surface area contributed by atoms with E-state index in [0.29, 0.717) is 21.4 Å². The van der Waals surface area contributed by atoms with E-state index >= 15 is 0 Å². The van der Waals surface area contributed by atoms with Gasteiger partial charge in [-0.25, -0.2) is 4.98 Å². The highest BCUT2D eigenvalue weighted by Gasteiger charge is 2.34. The number of hydrogen-bond acceptors (Lipinski definition) is 6. The number of aromatic nitrogens is 3. The van der Waals surface area contributed by atoms with Crippen molar-refractivity contribution in [2.45, 2.75) is 28.8 Å². The molecule has 0 atom stereocenters. The Labute approximate surface area is 147 Å². The maximum absolute atomic E-state index is 13.0. The highest BCUT2D eigenvalue weighted by Crippen LogP contribution is 2.37. The highest BCUT2D eigenvalue weighted by atomic mass is 32.2. The van der Waals surface area contributed by atoms with Gasteiger partial charge < -0.3 is 0 Å². The van der Waals surface area contributed by atoms with Gasteiger partial charge in [0.1, 0.15) is 0 Å². The summed E-state index contributed by atoms with van der Waals surface area (Å²) in [5, 5.41) is 12.9. The number of fused-ring (bicyclic) bond motifs is 1. The quantitative estimate of drug-likeness (QED) is 0.690. The molecule has 5 nitrogen and oxygen atoms in total. The van der Waals surface area contributed by atoms with Gasteiger partial charge in [0, 0.05) is 16.7 Å². The largest absolute Gasteiger partial charge is 0.417 e. The molecule has 0 spiro atoms. The maximum atomic E-state index is 13.0. The van der Waals surface area contributed by atoms with Gasteiger partial charge in [0.25, 0.3) is 5.56 Å². The second-order valence-electron chi connectivity index (χ2n) is 4.92. The number of nitrogens with zero attached hydrogens (tertiary/aromatic N) is 4. The summed E-state index contributed by atoms with van der Waals surface area (Å²) >= 11 is 2.10. The number of rotatable bonds is 3. The van der Waals surface area contributed by atoms with Crippen LogP contribution in [0.4, 0.5) is 13.2 Å². The molecule has 3 rings (SSSR count). The first-order valence-corrected chi connectivity index (χ1v) is 8.64. The molecule has 0 aliphatic carbocycles. The van der Waals surface area contributed by atoms with Crippen molar-refractivity contribution in [2.75, 3.05) is 0 Å². The van der Waals surface area contributed by atoms with Crippen molar-refractivity contribution >= 4 is 28.1 Å². The topological polar surface area (TPSA) is 71.1 Å². The van der Waals surface area contributed by atoms with Gasteiger partial charge in [-0.05, 0) is 24.6 Å². The second kappa shape index (κ2) is 6.50. The van der Waals surface area contributed by atoms with E-state index in [1.54, 1.807) is 0 Å². The number of alkyl halides is 3. The van der Waals surface area contributed by atoms with Gasteiger partial charge in [0.05, 0.1) is 17.2 Å². The SMILES string of the molecule is CCc1cc(=O)n2nc(Sc3ccc(C#N)c(C(F)(F)F)c3)sc2n1. The Balaban J connectivity index is 2.00. The standard InChI is InChI=1S/C15H9F3N4OS2/c1-2-9-5-12(23)22-13(20-9)25-14(21-22)24-10-4-3-8(7-19)11(6-10)15(16,17)18/h3-6H,2H2,1H3. The van der Waals surface area contributed by atoms with E-state index in [9.17, 15) is 18.0 Å². The zero-order valence-electron chi connectivity index (χ0n) is 12.7. The van der Waals surface area contributed by atoms with Crippen LogP contribution in [0.3, 0.4) is 0 Å². The Morgan fingerprint density at radius 1 is 1.36 bits per heavy atom. The molecule has 10 heteroatoms. The van der Waals surface area contributed by atoms with Crippen LogP contribution in [-0.4, -0.2) is 14.6 Å². The molecule has 0 unspecified atom stereocenters. The van der Waals surface area contributed by atoms with Crippen LogP contribution in [0.5, 0.6) is 0 Å².